The molecule has 0 bridgehead atoms. The van der Waals surface area contributed by atoms with Crippen LogP contribution in [0.3, 0.4) is 0 Å². The molecule has 0 aliphatic carbocycles. The number of carbonyl (C=O) groups excluding carboxylic acids is 1. The quantitative estimate of drug-likeness (QED) is 0.765. The Morgan fingerprint density at radius 2 is 1.60 bits per heavy atom. The van der Waals surface area contributed by atoms with E-state index < -0.39 is 0 Å². The Balaban J connectivity index is 2.55. The molecule has 2 aromatic rings. The summed E-state index contributed by atoms with van der Waals surface area (Å²) in [6.07, 6.45) is 0. The summed E-state index contributed by atoms with van der Waals surface area (Å²) in [6, 6.07) is 14.2. The van der Waals surface area contributed by atoms with E-state index in [4.69, 9.17) is 0 Å². The normalized spacial score (nSPS) is 11.4. The van der Waals surface area contributed by atoms with Gasteiger partial charge in [-0.05, 0) is 40.7 Å². The summed E-state index contributed by atoms with van der Waals surface area (Å²) >= 11 is 3.98. The highest BCUT2D eigenvalue weighted by molar-refractivity contribution is 7.97. The van der Waals surface area contributed by atoms with Gasteiger partial charge < -0.3 is 0 Å². The van der Waals surface area contributed by atoms with Crippen molar-refractivity contribution in [2.45, 2.75) is 33.1 Å². The number of hydrogen-bond acceptors (Lipinski definition) is 1. The molecule has 2 heteroatoms. The largest absolute Gasteiger partial charge is 0.282 e. The van der Waals surface area contributed by atoms with Crippen LogP contribution in [0.2, 0.25) is 0 Å². The fourth-order valence-corrected chi connectivity index (χ4v) is 2.55. The van der Waals surface area contributed by atoms with E-state index in [9.17, 15) is 4.79 Å². The molecule has 0 N–H and O–H groups in total. The van der Waals surface area contributed by atoms with Crippen molar-refractivity contribution in [1.29, 1.82) is 0 Å². The van der Waals surface area contributed by atoms with E-state index in [0.29, 0.717) is 5.56 Å². The van der Waals surface area contributed by atoms with E-state index in [1.807, 2.05) is 25.1 Å². The molecule has 0 atom stereocenters. The molecule has 0 amide bonds. The minimum Gasteiger partial charge on any atom is -0.282 e. The maximum Gasteiger partial charge on any atom is 0.216 e. The molecule has 0 radical (unpaired) electrons. The fraction of sp³-hybridized carbons (Fsp3) is 0.278. The van der Waals surface area contributed by atoms with Crippen molar-refractivity contribution in [3.05, 3.63) is 59.2 Å². The summed E-state index contributed by atoms with van der Waals surface area (Å²) in [6.45, 7) is 8.60. The number of hydrogen-bond donors (Lipinski definition) is 1. The van der Waals surface area contributed by atoms with Gasteiger partial charge in [-0.2, -0.15) is 0 Å². The van der Waals surface area contributed by atoms with Crippen LogP contribution in [0.15, 0.2) is 42.5 Å². The van der Waals surface area contributed by atoms with Crippen LogP contribution in [0, 0.1) is 6.92 Å². The molecule has 0 aliphatic rings. The third-order valence-corrected chi connectivity index (χ3v) is 3.78. The zero-order chi connectivity index (χ0) is 14.9. The van der Waals surface area contributed by atoms with E-state index in [1.165, 1.54) is 5.56 Å². The summed E-state index contributed by atoms with van der Waals surface area (Å²) in [7, 11) is 0. The summed E-state index contributed by atoms with van der Waals surface area (Å²) in [5.41, 5.74) is 5.22. The second kappa shape index (κ2) is 5.45. The van der Waals surface area contributed by atoms with Crippen molar-refractivity contribution in [2.75, 3.05) is 0 Å². The first-order valence-corrected chi connectivity index (χ1v) is 7.19. The third-order valence-electron chi connectivity index (χ3n) is 3.54. The van der Waals surface area contributed by atoms with Gasteiger partial charge >= 0.3 is 0 Å². The van der Waals surface area contributed by atoms with Gasteiger partial charge in [0.1, 0.15) is 0 Å². The minimum atomic E-state index is -0.191. The van der Waals surface area contributed by atoms with Crippen molar-refractivity contribution >= 4 is 17.7 Å². The molecule has 0 saturated heterocycles. The molecular formula is C18H20OS. The maximum atomic E-state index is 11.7. The smallest absolute Gasteiger partial charge is 0.216 e. The predicted molar refractivity (Wildman–Crippen MR) is 88.6 cm³/mol. The van der Waals surface area contributed by atoms with Crippen LogP contribution in [-0.4, -0.2) is 5.12 Å². The molecule has 0 heterocycles. The summed E-state index contributed by atoms with van der Waals surface area (Å²) < 4.78 is 0. The van der Waals surface area contributed by atoms with E-state index in [-0.39, 0.29) is 10.5 Å². The molecule has 0 unspecified atom stereocenters. The van der Waals surface area contributed by atoms with Gasteiger partial charge in [-0.15, -0.1) is 12.6 Å². The monoisotopic (exact) mass is 284 g/mol. The standard InChI is InChI=1S/C18H20OS/c1-12-6-5-7-15(17(19)20)16(12)13-8-10-14(11-9-13)18(2,3)4/h5-11H,1-4H3,(H,19,20). The van der Waals surface area contributed by atoms with Crippen molar-refractivity contribution in [2.24, 2.45) is 0 Å². The zero-order valence-corrected chi connectivity index (χ0v) is 13.3. The highest BCUT2D eigenvalue weighted by Gasteiger charge is 2.15. The number of benzene rings is 2. The van der Waals surface area contributed by atoms with Crippen LogP contribution in [0.4, 0.5) is 0 Å². The Morgan fingerprint density at radius 1 is 1.00 bits per heavy atom. The molecule has 2 aromatic carbocycles. The van der Waals surface area contributed by atoms with E-state index >= 15 is 0 Å². The van der Waals surface area contributed by atoms with Gasteiger partial charge in [-0.3, -0.25) is 4.79 Å². The molecular weight excluding hydrogens is 264 g/mol. The first-order chi connectivity index (χ1) is 9.30. The fourth-order valence-electron chi connectivity index (χ4n) is 2.37. The SMILES string of the molecule is Cc1cccc(C(=O)S)c1-c1ccc(C(C)(C)C)cc1. The minimum absolute atomic E-state index is 0.131. The number of thiol groups is 1. The lowest BCUT2D eigenvalue weighted by Crippen LogP contribution is -2.10. The zero-order valence-electron chi connectivity index (χ0n) is 12.4. The summed E-state index contributed by atoms with van der Waals surface area (Å²) in [5, 5.41) is -0.191. The number of carbonyl (C=O) groups is 1. The lowest BCUT2D eigenvalue weighted by Gasteiger charge is -2.19. The third kappa shape index (κ3) is 2.96. The second-order valence-electron chi connectivity index (χ2n) is 6.13. The Labute approximate surface area is 126 Å². The highest BCUT2D eigenvalue weighted by atomic mass is 32.1. The Kier molecular flexibility index (Phi) is 4.05. The van der Waals surface area contributed by atoms with Gasteiger partial charge in [0, 0.05) is 5.56 Å². The van der Waals surface area contributed by atoms with Gasteiger partial charge in [-0.25, -0.2) is 0 Å². The van der Waals surface area contributed by atoms with E-state index in [1.54, 1.807) is 0 Å². The molecule has 0 spiro atoms. The van der Waals surface area contributed by atoms with Crippen LogP contribution in [-0.2, 0) is 5.41 Å². The second-order valence-corrected chi connectivity index (χ2v) is 6.54. The van der Waals surface area contributed by atoms with Crippen LogP contribution < -0.4 is 0 Å². The Morgan fingerprint density at radius 3 is 2.10 bits per heavy atom. The topological polar surface area (TPSA) is 17.1 Å². The Bertz CT molecular complexity index is 633. The maximum absolute atomic E-state index is 11.7. The van der Waals surface area contributed by atoms with Crippen molar-refractivity contribution in [3.63, 3.8) is 0 Å². The molecule has 0 aromatic heterocycles. The number of aryl methyl sites for hydroxylation is 1. The number of rotatable bonds is 2. The van der Waals surface area contributed by atoms with Gasteiger partial charge in [-0.1, -0.05) is 57.2 Å². The van der Waals surface area contributed by atoms with E-state index in [0.717, 1.165) is 16.7 Å². The highest BCUT2D eigenvalue weighted by Crippen LogP contribution is 2.31. The summed E-state index contributed by atoms with van der Waals surface area (Å²) in [5.74, 6) is 0. The summed E-state index contributed by atoms with van der Waals surface area (Å²) in [4.78, 5) is 11.7. The average Bonchev–Trinajstić information content (AvgIpc) is 2.37. The molecule has 104 valence electrons. The molecule has 0 saturated carbocycles. The first kappa shape index (κ1) is 14.9. The van der Waals surface area contributed by atoms with Gasteiger partial charge in [0.05, 0.1) is 0 Å². The van der Waals surface area contributed by atoms with Crippen LogP contribution in [0.1, 0.15) is 42.3 Å². The molecule has 2 rings (SSSR count). The molecule has 1 nitrogen and oxygen atoms in total. The van der Waals surface area contributed by atoms with Crippen molar-refractivity contribution < 1.29 is 4.79 Å². The van der Waals surface area contributed by atoms with Crippen molar-refractivity contribution in [1.82, 2.24) is 0 Å². The van der Waals surface area contributed by atoms with Gasteiger partial charge in [0.15, 0.2) is 0 Å². The van der Waals surface area contributed by atoms with Crippen molar-refractivity contribution in [3.8, 4) is 11.1 Å². The molecule has 0 aliphatic heterocycles. The molecule has 20 heavy (non-hydrogen) atoms. The first-order valence-electron chi connectivity index (χ1n) is 6.74. The van der Waals surface area contributed by atoms with E-state index in [2.05, 4.69) is 57.7 Å². The molecule has 0 fully saturated rings. The van der Waals surface area contributed by atoms with Crippen LogP contribution in [0.5, 0.6) is 0 Å². The predicted octanol–water partition coefficient (Wildman–Crippen LogP) is 5.03. The van der Waals surface area contributed by atoms with Gasteiger partial charge in [0.2, 0.25) is 5.12 Å². The van der Waals surface area contributed by atoms with Crippen LogP contribution >= 0.6 is 12.6 Å². The van der Waals surface area contributed by atoms with Crippen LogP contribution in [0.25, 0.3) is 11.1 Å². The Hall–Kier alpha value is -1.54. The lowest BCUT2D eigenvalue weighted by atomic mass is 9.85. The lowest BCUT2D eigenvalue weighted by molar-refractivity contribution is 0.109. The van der Waals surface area contributed by atoms with Gasteiger partial charge in [0.25, 0.3) is 0 Å². The average molecular weight is 284 g/mol.